The fourth-order valence-corrected chi connectivity index (χ4v) is 7.75. The Morgan fingerprint density at radius 3 is 2.44 bits per heavy atom. The van der Waals surface area contributed by atoms with Gasteiger partial charge in [-0.25, -0.2) is 4.79 Å². The van der Waals surface area contributed by atoms with Gasteiger partial charge < -0.3 is 14.9 Å². The number of ether oxygens (including phenoxy) is 1. The summed E-state index contributed by atoms with van der Waals surface area (Å²) < 4.78 is 5.68. The van der Waals surface area contributed by atoms with Gasteiger partial charge in [0.05, 0.1) is 6.10 Å². The molecule has 32 heavy (non-hydrogen) atoms. The molecule has 3 fully saturated rings. The minimum atomic E-state index is -1.58. The first-order chi connectivity index (χ1) is 14.9. The molecule has 4 aliphatic rings. The van der Waals surface area contributed by atoms with Gasteiger partial charge in [0.15, 0.2) is 0 Å². The van der Waals surface area contributed by atoms with Crippen LogP contribution in [0.3, 0.4) is 0 Å². The molecule has 0 bridgehead atoms. The van der Waals surface area contributed by atoms with Crippen molar-refractivity contribution < 1.29 is 19.7 Å². The Balaban J connectivity index is 1.63. The molecule has 4 rings (SSSR count). The lowest BCUT2D eigenvalue weighted by atomic mass is 9.51. The number of hydrogen-bond acceptors (Lipinski definition) is 4. The normalized spacial score (nSPS) is 46.0. The number of esters is 1. The second-order valence-electron chi connectivity index (χ2n) is 12.3. The molecule has 3 aliphatic carbocycles. The van der Waals surface area contributed by atoms with Crippen molar-refractivity contribution in [3.8, 4) is 0 Å². The predicted octanol–water partition coefficient (Wildman–Crippen LogP) is 5.64. The highest BCUT2D eigenvalue weighted by molar-refractivity contribution is 5.84. The fraction of sp³-hybridized carbons (Fsp3) is 0.821. The van der Waals surface area contributed by atoms with E-state index in [4.69, 9.17) is 4.74 Å². The van der Waals surface area contributed by atoms with Gasteiger partial charge in [-0.1, -0.05) is 59.3 Å². The first kappa shape index (κ1) is 24.0. The highest BCUT2D eigenvalue weighted by Crippen LogP contribution is 2.66. The number of rotatable bonds is 4. The van der Waals surface area contributed by atoms with E-state index in [-0.39, 0.29) is 17.8 Å². The number of aliphatic hydroxyl groups excluding tert-OH is 1. The first-order valence-corrected chi connectivity index (χ1v) is 12.9. The topological polar surface area (TPSA) is 66.8 Å². The van der Waals surface area contributed by atoms with E-state index in [0.29, 0.717) is 42.4 Å². The van der Waals surface area contributed by atoms with Crippen LogP contribution in [0.2, 0.25) is 0 Å². The van der Waals surface area contributed by atoms with Crippen LogP contribution in [-0.4, -0.2) is 28.1 Å². The number of aliphatic hydroxyl groups is 2. The van der Waals surface area contributed by atoms with E-state index in [9.17, 15) is 15.0 Å². The Kier molecular flexibility index (Phi) is 6.20. The monoisotopic (exact) mass is 444 g/mol. The lowest BCUT2D eigenvalue weighted by Gasteiger charge is -2.56. The van der Waals surface area contributed by atoms with E-state index >= 15 is 0 Å². The van der Waals surface area contributed by atoms with E-state index < -0.39 is 23.3 Å². The standard InChI is InChI=1S/C28H44O4/c1-17(2)18(3)7-8-19(4)22-9-10-23-21-15-25(30)32-28(31)16-20(29)11-14-27(28,6)24(21)12-13-26(22,23)5/h7-8,15,17-20,22-24,29,31H,9-14,16H2,1-6H3/b8-7+/t18-,19+,20-,22+,23-,24-,26+,27+,28-/m0/s1. The van der Waals surface area contributed by atoms with Gasteiger partial charge >= 0.3 is 5.97 Å². The second kappa shape index (κ2) is 8.27. The van der Waals surface area contributed by atoms with Gasteiger partial charge in [0.1, 0.15) is 0 Å². The largest absolute Gasteiger partial charge is 0.429 e. The average Bonchev–Trinajstić information content (AvgIpc) is 3.02. The molecule has 0 amide bonds. The molecule has 180 valence electrons. The molecule has 0 unspecified atom stereocenters. The number of carbonyl (C=O) groups is 1. The molecule has 4 nitrogen and oxygen atoms in total. The molecule has 3 saturated carbocycles. The Morgan fingerprint density at radius 2 is 1.75 bits per heavy atom. The maximum atomic E-state index is 12.8. The zero-order chi connectivity index (χ0) is 23.5. The van der Waals surface area contributed by atoms with Crippen molar-refractivity contribution in [2.45, 2.75) is 98.4 Å². The lowest BCUT2D eigenvalue weighted by Crippen LogP contribution is -2.58. The quantitative estimate of drug-likeness (QED) is 0.435. The van der Waals surface area contributed by atoms with Crippen LogP contribution in [0.1, 0.15) is 86.5 Å². The summed E-state index contributed by atoms with van der Waals surface area (Å²) >= 11 is 0. The highest BCUT2D eigenvalue weighted by atomic mass is 16.7. The second-order valence-corrected chi connectivity index (χ2v) is 12.3. The van der Waals surface area contributed by atoms with Gasteiger partial charge in [-0.3, -0.25) is 0 Å². The van der Waals surface area contributed by atoms with Crippen LogP contribution in [0.15, 0.2) is 23.8 Å². The molecule has 0 saturated heterocycles. The summed E-state index contributed by atoms with van der Waals surface area (Å²) in [5.74, 6) is 0.824. The van der Waals surface area contributed by atoms with Crippen LogP contribution >= 0.6 is 0 Å². The molecule has 1 heterocycles. The summed E-state index contributed by atoms with van der Waals surface area (Å²) in [5, 5.41) is 21.7. The third-order valence-corrected chi connectivity index (χ3v) is 10.3. The molecule has 0 aromatic rings. The summed E-state index contributed by atoms with van der Waals surface area (Å²) in [7, 11) is 0. The van der Waals surface area contributed by atoms with Crippen molar-refractivity contribution in [1.82, 2.24) is 0 Å². The zero-order valence-electron chi connectivity index (χ0n) is 20.9. The summed E-state index contributed by atoms with van der Waals surface area (Å²) in [4.78, 5) is 12.8. The van der Waals surface area contributed by atoms with E-state index in [0.717, 1.165) is 19.3 Å². The van der Waals surface area contributed by atoms with Crippen molar-refractivity contribution >= 4 is 5.97 Å². The summed E-state index contributed by atoms with van der Waals surface area (Å²) in [6, 6.07) is 0. The zero-order valence-corrected chi connectivity index (χ0v) is 20.9. The van der Waals surface area contributed by atoms with Crippen LogP contribution in [0.4, 0.5) is 0 Å². The van der Waals surface area contributed by atoms with Crippen LogP contribution in [0.5, 0.6) is 0 Å². The van der Waals surface area contributed by atoms with Crippen LogP contribution in [0.25, 0.3) is 0 Å². The fourth-order valence-electron chi connectivity index (χ4n) is 7.75. The van der Waals surface area contributed by atoms with E-state index in [1.165, 1.54) is 12.0 Å². The Hall–Kier alpha value is -1.13. The van der Waals surface area contributed by atoms with Gasteiger partial charge in [0, 0.05) is 17.9 Å². The maximum Gasteiger partial charge on any atom is 0.333 e. The molecule has 0 aromatic carbocycles. The van der Waals surface area contributed by atoms with Crippen LogP contribution in [-0.2, 0) is 9.53 Å². The summed E-state index contributed by atoms with van der Waals surface area (Å²) in [6.45, 7) is 13.7. The van der Waals surface area contributed by atoms with Crippen molar-refractivity contribution in [1.29, 1.82) is 0 Å². The summed E-state index contributed by atoms with van der Waals surface area (Å²) in [5.41, 5.74) is 0.843. The Labute approximate surface area is 194 Å². The van der Waals surface area contributed by atoms with E-state index in [2.05, 4.69) is 53.7 Å². The molecule has 0 radical (unpaired) electrons. The van der Waals surface area contributed by atoms with Crippen LogP contribution < -0.4 is 0 Å². The SMILES string of the molecule is CC(C)[C@@H](C)/C=C/[C@@H](C)[C@H]1CC[C@H]2C3=CC(=O)O[C@@]4(O)C[C@@H](O)CC[C@]4(C)[C@H]3CC[C@]12C. The molecule has 0 spiro atoms. The molecular formula is C28H44O4. The molecule has 9 atom stereocenters. The lowest BCUT2D eigenvalue weighted by molar-refractivity contribution is -0.290. The number of carbonyl (C=O) groups excluding carboxylic acids is 1. The average molecular weight is 445 g/mol. The third kappa shape index (κ3) is 3.70. The van der Waals surface area contributed by atoms with E-state index in [1.807, 2.05) is 0 Å². The first-order valence-electron chi connectivity index (χ1n) is 12.9. The molecular weight excluding hydrogens is 400 g/mol. The summed E-state index contributed by atoms with van der Waals surface area (Å²) in [6.07, 6.45) is 11.8. The van der Waals surface area contributed by atoms with Crippen LogP contribution in [0, 0.1) is 46.3 Å². The smallest absolute Gasteiger partial charge is 0.333 e. The minimum absolute atomic E-state index is 0.118. The van der Waals surface area contributed by atoms with Crippen molar-refractivity contribution in [3.63, 3.8) is 0 Å². The molecule has 2 N–H and O–H groups in total. The predicted molar refractivity (Wildman–Crippen MR) is 126 cm³/mol. The maximum absolute atomic E-state index is 12.8. The molecule has 4 heteroatoms. The highest BCUT2D eigenvalue weighted by Gasteiger charge is 2.63. The van der Waals surface area contributed by atoms with Gasteiger partial charge in [0.25, 0.3) is 0 Å². The Morgan fingerprint density at radius 1 is 1.03 bits per heavy atom. The Bertz CT molecular complexity index is 799. The van der Waals surface area contributed by atoms with Crippen molar-refractivity contribution in [2.24, 2.45) is 46.3 Å². The number of hydrogen-bond donors (Lipinski definition) is 2. The molecule has 1 aliphatic heterocycles. The molecule has 0 aromatic heterocycles. The van der Waals surface area contributed by atoms with Crippen molar-refractivity contribution in [3.05, 3.63) is 23.8 Å². The van der Waals surface area contributed by atoms with E-state index in [1.54, 1.807) is 6.08 Å². The van der Waals surface area contributed by atoms with Gasteiger partial charge in [-0.05, 0) is 79.4 Å². The number of fused-ring (bicyclic) bond motifs is 5. The number of allylic oxidation sites excluding steroid dienone is 3. The van der Waals surface area contributed by atoms with Crippen molar-refractivity contribution in [2.75, 3.05) is 0 Å². The van der Waals surface area contributed by atoms with Gasteiger partial charge in [-0.2, -0.15) is 0 Å². The third-order valence-electron chi connectivity index (χ3n) is 10.3. The van der Waals surface area contributed by atoms with Gasteiger partial charge in [0.2, 0.25) is 5.79 Å². The van der Waals surface area contributed by atoms with Gasteiger partial charge in [-0.15, -0.1) is 0 Å². The minimum Gasteiger partial charge on any atom is -0.429 e.